The van der Waals surface area contributed by atoms with E-state index in [2.05, 4.69) is 22.2 Å². The zero-order chi connectivity index (χ0) is 14.5. The van der Waals surface area contributed by atoms with Gasteiger partial charge in [0.1, 0.15) is 5.82 Å². The molecule has 6 heteroatoms. The molecule has 0 spiro atoms. The number of aromatic nitrogens is 3. The average molecular weight is 384 g/mol. The second-order valence-corrected chi connectivity index (χ2v) is 5.63. The van der Waals surface area contributed by atoms with Crippen LogP contribution in [0, 0.1) is 10.5 Å². The summed E-state index contributed by atoms with van der Waals surface area (Å²) in [5.41, 5.74) is 1.74. The molecular weight excluding hydrogens is 367 g/mol. The topological polar surface area (TPSA) is 59.8 Å². The molecule has 2 aromatic rings. The van der Waals surface area contributed by atoms with Crippen molar-refractivity contribution in [3.05, 3.63) is 49.8 Å². The van der Waals surface area contributed by atoms with Gasteiger partial charge >= 0.3 is 0 Å². The Kier molecular flexibility index (Phi) is 5.11. The molecule has 0 atom stereocenters. The Balaban J connectivity index is 2.14. The van der Waals surface area contributed by atoms with Crippen molar-refractivity contribution in [1.29, 1.82) is 0 Å². The first-order valence-electron chi connectivity index (χ1n) is 6.52. The fraction of sp³-hybridized carbons (Fsp3) is 0.357. The molecule has 0 saturated heterocycles. The number of pyridine rings is 1. The van der Waals surface area contributed by atoms with Gasteiger partial charge in [0, 0.05) is 12.7 Å². The summed E-state index contributed by atoms with van der Waals surface area (Å²) < 4.78 is 2.27. The van der Waals surface area contributed by atoms with Gasteiger partial charge in [-0.2, -0.15) is 0 Å². The molecule has 0 bridgehead atoms. The van der Waals surface area contributed by atoms with E-state index in [0.717, 1.165) is 30.0 Å². The van der Waals surface area contributed by atoms with Crippen LogP contribution in [0.3, 0.4) is 0 Å². The number of rotatable bonds is 5. The lowest BCUT2D eigenvalue weighted by Crippen LogP contribution is -2.24. The van der Waals surface area contributed by atoms with Crippen LogP contribution >= 0.6 is 22.6 Å². The molecule has 106 valence electrons. The summed E-state index contributed by atoms with van der Waals surface area (Å²) in [6, 6.07) is 3.91. The quantitative estimate of drug-likeness (QED) is 0.805. The van der Waals surface area contributed by atoms with Crippen molar-refractivity contribution in [2.75, 3.05) is 11.9 Å². The minimum Gasteiger partial charge on any atom is -0.370 e. The monoisotopic (exact) mass is 384 g/mol. The number of halogens is 1. The van der Waals surface area contributed by atoms with Crippen LogP contribution in [0.15, 0.2) is 29.5 Å². The van der Waals surface area contributed by atoms with E-state index in [1.807, 2.05) is 41.6 Å². The predicted molar refractivity (Wildman–Crippen MR) is 88.1 cm³/mol. The van der Waals surface area contributed by atoms with E-state index in [1.54, 1.807) is 17.1 Å². The summed E-state index contributed by atoms with van der Waals surface area (Å²) in [5.74, 6) is 0.861. The minimum atomic E-state index is -0.00807. The van der Waals surface area contributed by atoms with Gasteiger partial charge in [-0.1, -0.05) is 13.0 Å². The van der Waals surface area contributed by atoms with Gasteiger partial charge in [0.2, 0.25) is 0 Å². The molecule has 0 amide bonds. The summed E-state index contributed by atoms with van der Waals surface area (Å²) in [7, 11) is 0. The fourth-order valence-corrected chi connectivity index (χ4v) is 2.18. The van der Waals surface area contributed by atoms with Crippen molar-refractivity contribution in [3.63, 3.8) is 0 Å². The largest absolute Gasteiger partial charge is 0.370 e. The van der Waals surface area contributed by atoms with Crippen molar-refractivity contribution in [2.24, 2.45) is 0 Å². The van der Waals surface area contributed by atoms with Crippen LogP contribution in [0.4, 0.5) is 5.82 Å². The van der Waals surface area contributed by atoms with Crippen LogP contribution in [-0.2, 0) is 6.54 Å². The van der Waals surface area contributed by atoms with Crippen molar-refractivity contribution in [3.8, 4) is 0 Å². The van der Waals surface area contributed by atoms with Gasteiger partial charge < -0.3 is 5.32 Å². The highest BCUT2D eigenvalue weighted by molar-refractivity contribution is 14.1. The van der Waals surface area contributed by atoms with Crippen LogP contribution < -0.4 is 10.9 Å². The van der Waals surface area contributed by atoms with Gasteiger partial charge in [-0.15, -0.1) is 0 Å². The van der Waals surface area contributed by atoms with Crippen LogP contribution in [0.25, 0.3) is 0 Å². The number of nitrogens with one attached hydrogen (secondary N) is 1. The van der Waals surface area contributed by atoms with Gasteiger partial charge in [0.15, 0.2) is 0 Å². The smallest absolute Gasteiger partial charge is 0.267 e. The number of anilines is 1. The van der Waals surface area contributed by atoms with E-state index in [-0.39, 0.29) is 5.56 Å². The second-order valence-electron chi connectivity index (χ2n) is 4.56. The van der Waals surface area contributed by atoms with Crippen LogP contribution in [0.5, 0.6) is 0 Å². The number of aryl methyl sites for hydroxylation is 1. The highest BCUT2D eigenvalue weighted by Gasteiger charge is 2.06. The molecule has 2 rings (SSSR count). The molecule has 0 fully saturated rings. The van der Waals surface area contributed by atoms with Crippen molar-refractivity contribution in [1.82, 2.24) is 14.5 Å². The molecule has 0 aromatic carbocycles. The Morgan fingerprint density at radius 3 is 2.80 bits per heavy atom. The standard InChI is InChI=1S/C14H17IN4O/c1-3-6-16-12-5-4-11(7-17-12)8-19-9-18-10(2)13(15)14(19)20/h4-5,7,9H,3,6,8H2,1-2H3,(H,16,17). The molecule has 5 nitrogen and oxygen atoms in total. The fourth-order valence-electron chi connectivity index (χ4n) is 1.73. The zero-order valence-corrected chi connectivity index (χ0v) is 13.7. The molecule has 1 N–H and O–H groups in total. The first-order chi connectivity index (χ1) is 9.61. The van der Waals surface area contributed by atoms with E-state index < -0.39 is 0 Å². The lowest BCUT2D eigenvalue weighted by atomic mass is 10.2. The molecule has 20 heavy (non-hydrogen) atoms. The number of hydrogen-bond acceptors (Lipinski definition) is 4. The first kappa shape index (κ1) is 15.0. The third-order valence-electron chi connectivity index (χ3n) is 2.89. The summed E-state index contributed by atoms with van der Waals surface area (Å²) in [5, 5.41) is 3.22. The SMILES string of the molecule is CCCNc1ccc(Cn2cnc(C)c(I)c2=O)cn1. The summed E-state index contributed by atoms with van der Waals surface area (Å²) in [4.78, 5) is 20.6. The Morgan fingerprint density at radius 2 is 2.15 bits per heavy atom. The van der Waals surface area contributed by atoms with Crippen molar-refractivity contribution < 1.29 is 0 Å². The predicted octanol–water partition coefficient (Wildman–Crippen LogP) is 2.42. The van der Waals surface area contributed by atoms with E-state index in [0.29, 0.717) is 10.1 Å². The molecule has 0 aliphatic heterocycles. The lowest BCUT2D eigenvalue weighted by molar-refractivity contribution is 0.721. The van der Waals surface area contributed by atoms with Crippen LogP contribution in [0.1, 0.15) is 24.6 Å². The highest BCUT2D eigenvalue weighted by atomic mass is 127. The maximum Gasteiger partial charge on any atom is 0.267 e. The maximum absolute atomic E-state index is 12.1. The highest BCUT2D eigenvalue weighted by Crippen LogP contribution is 2.07. The molecule has 0 aliphatic carbocycles. The van der Waals surface area contributed by atoms with Gasteiger partial charge in [0.05, 0.1) is 22.1 Å². The molecule has 0 aliphatic rings. The van der Waals surface area contributed by atoms with Gasteiger partial charge in [-0.3, -0.25) is 9.36 Å². The summed E-state index contributed by atoms with van der Waals surface area (Å²) >= 11 is 2.04. The Bertz CT molecular complexity index is 637. The van der Waals surface area contributed by atoms with E-state index >= 15 is 0 Å². The molecular formula is C14H17IN4O. The van der Waals surface area contributed by atoms with Gasteiger partial charge in [-0.25, -0.2) is 9.97 Å². The van der Waals surface area contributed by atoms with E-state index in [1.165, 1.54) is 0 Å². The van der Waals surface area contributed by atoms with Crippen molar-refractivity contribution >= 4 is 28.4 Å². The molecule has 0 radical (unpaired) electrons. The molecule has 0 saturated carbocycles. The zero-order valence-electron chi connectivity index (χ0n) is 11.6. The molecule has 2 aromatic heterocycles. The lowest BCUT2D eigenvalue weighted by Gasteiger charge is -2.08. The molecule has 0 unspecified atom stereocenters. The van der Waals surface area contributed by atoms with E-state index in [4.69, 9.17) is 0 Å². The summed E-state index contributed by atoms with van der Waals surface area (Å²) in [6.07, 6.45) is 4.44. The Hall–Kier alpha value is -1.44. The second kappa shape index (κ2) is 6.83. The number of nitrogens with zero attached hydrogens (tertiary/aromatic N) is 3. The van der Waals surface area contributed by atoms with Crippen molar-refractivity contribution in [2.45, 2.75) is 26.8 Å². The number of hydrogen-bond donors (Lipinski definition) is 1. The average Bonchev–Trinajstić information content (AvgIpc) is 2.47. The first-order valence-corrected chi connectivity index (χ1v) is 7.60. The van der Waals surface area contributed by atoms with Crippen LogP contribution in [0.2, 0.25) is 0 Å². The van der Waals surface area contributed by atoms with E-state index in [9.17, 15) is 4.79 Å². The molecule has 2 heterocycles. The van der Waals surface area contributed by atoms with Gasteiger partial charge in [0.25, 0.3) is 5.56 Å². The summed E-state index contributed by atoms with van der Waals surface area (Å²) in [6.45, 7) is 5.35. The maximum atomic E-state index is 12.1. The minimum absolute atomic E-state index is 0.00807. The van der Waals surface area contributed by atoms with Gasteiger partial charge in [-0.05, 0) is 47.6 Å². The third kappa shape index (κ3) is 3.56. The Morgan fingerprint density at radius 1 is 1.35 bits per heavy atom. The van der Waals surface area contributed by atoms with Crippen LogP contribution in [-0.4, -0.2) is 21.1 Å². The normalized spacial score (nSPS) is 10.6. The Labute approximate surface area is 131 Å². The third-order valence-corrected chi connectivity index (χ3v) is 4.13.